The summed E-state index contributed by atoms with van der Waals surface area (Å²) in [5, 5.41) is 5.05. The molecule has 0 saturated carbocycles. The van der Waals surface area contributed by atoms with Gasteiger partial charge in [-0.25, -0.2) is 0 Å². The molecule has 0 radical (unpaired) electrons. The molecule has 0 atom stereocenters. The van der Waals surface area contributed by atoms with Gasteiger partial charge in [-0.1, -0.05) is 48.0 Å². The summed E-state index contributed by atoms with van der Waals surface area (Å²) in [6, 6.07) is 17.3. The Bertz CT molecular complexity index is 845. The molecule has 3 nitrogen and oxygen atoms in total. The van der Waals surface area contributed by atoms with Crippen molar-refractivity contribution in [3.05, 3.63) is 87.1 Å². The second-order valence-corrected chi connectivity index (χ2v) is 6.20. The minimum absolute atomic E-state index is 0.186. The summed E-state index contributed by atoms with van der Waals surface area (Å²) in [7, 11) is 0. The lowest BCUT2D eigenvalue weighted by atomic mass is 10.0. The predicted octanol–water partition coefficient (Wildman–Crippen LogP) is 4.88. The van der Waals surface area contributed by atoms with Crippen molar-refractivity contribution in [2.45, 2.75) is 0 Å². The Hall–Kier alpha value is -2.43. The molecule has 5 heteroatoms. The van der Waals surface area contributed by atoms with Crippen LogP contribution in [0.15, 0.2) is 66.0 Å². The van der Waals surface area contributed by atoms with Gasteiger partial charge >= 0.3 is 0 Å². The van der Waals surface area contributed by atoms with Gasteiger partial charge in [-0.3, -0.25) is 9.59 Å². The molecular formula is C18H12ClNO2S. The Morgan fingerprint density at radius 1 is 0.957 bits per heavy atom. The van der Waals surface area contributed by atoms with Crippen LogP contribution < -0.4 is 5.32 Å². The summed E-state index contributed by atoms with van der Waals surface area (Å²) in [6.45, 7) is 0. The maximum Gasteiger partial charge on any atom is 0.265 e. The smallest absolute Gasteiger partial charge is 0.265 e. The second-order valence-electron chi connectivity index (χ2n) is 4.82. The highest BCUT2D eigenvalue weighted by Gasteiger charge is 2.16. The van der Waals surface area contributed by atoms with Crippen molar-refractivity contribution in [2.75, 3.05) is 5.32 Å². The quantitative estimate of drug-likeness (QED) is 0.687. The average Bonchev–Trinajstić information content (AvgIpc) is 3.11. The molecule has 1 amide bonds. The molecule has 0 aliphatic rings. The van der Waals surface area contributed by atoms with Gasteiger partial charge in [-0.05, 0) is 29.6 Å². The molecule has 3 aromatic rings. The lowest BCUT2D eigenvalue weighted by Gasteiger charge is -2.10. The number of anilines is 1. The monoisotopic (exact) mass is 341 g/mol. The van der Waals surface area contributed by atoms with E-state index in [0.717, 1.165) is 0 Å². The van der Waals surface area contributed by atoms with Crippen molar-refractivity contribution in [3.8, 4) is 0 Å². The van der Waals surface area contributed by atoms with Gasteiger partial charge in [0.1, 0.15) is 0 Å². The van der Waals surface area contributed by atoms with Crippen molar-refractivity contribution in [1.29, 1.82) is 0 Å². The van der Waals surface area contributed by atoms with Gasteiger partial charge in [0, 0.05) is 16.1 Å². The number of nitrogens with one attached hydrogen (secondary N) is 1. The molecule has 0 aliphatic carbocycles. The second kappa shape index (κ2) is 6.77. The molecule has 2 aromatic carbocycles. The molecule has 0 spiro atoms. The third kappa shape index (κ3) is 3.50. The number of carbonyl (C=O) groups is 2. The van der Waals surface area contributed by atoms with E-state index in [0.29, 0.717) is 26.7 Å². The molecule has 0 aliphatic heterocycles. The summed E-state index contributed by atoms with van der Waals surface area (Å²) in [5.41, 5.74) is 1.36. The van der Waals surface area contributed by atoms with Crippen molar-refractivity contribution >= 4 is 40.3 Å². The van der Waals surface area contributed by atoms with Crippen LogP contribution in [-0.4, -0.2) is 11.7 Å². The Morgan fingerprint density at radius 3 is 2.43 bits per heavy atom. The van der Waals surface area contributed by atoms with Gasteiger partial charge in [0.25, 0.3) is 5.91 Å². The van der Waals surface area contributed by atoms with Crippen LogP contribution in [0.3, 0.4) is 0 Å². The number of ketones is 1. The highest BCUT2D eigenvalue weighted by atomic mass is 35.5. The maximum absolute atomic E-state index is 12.7. The highest BCUT2D eigenvalue weighted by Crippen LogP contribution is 2.24. The minimum atomic E-state index is -0.246. The fourth-order valence-corrected chi connectivity index (χ4v) is 2.94. The topological polar surface area (TPSA) is 46.2 Å². The first-order valence-electron chi connectivity index (χ1n) is 6.89. The van der Waals surface area contributed by atoms with Gasteiger partial charge in [0.15, 0.2) is 5.78 Å². The van der Waals surface area contributed by atoms with E-state index in [1.54, 1.807) is 54.6 Å². The van der Waals surface area contributed by atoms with E-state index >= 15 is 0 Å². The Balaban J connectivity index is 1.95. The van der Waals surface area contributed by atoms with Gasteiger partial charge in [0.05, 0.1) is 10.6 Å². The first kappa shape index (κ1) is 15.5. The van der Waals surface area contributed by atoms with Gasteiger partial charge in [0.2, 0.25) is 0 Å². The Kier molecular flexibility index (Phi) is 4.55. The Labute approximate surface area is 142 Å². The van der Waals surface area contributed by atoms with E-state index < -0.39 is 0 Å². The highest BCUT2D eigenvalue weighted by molar-refractivity contribution is 7.12. The summed E-state index contributed by atoms with van der Waals surface area (Å²) >= 11 is 7.36. The first-order chi connectivity index (χ1) is 11.1. The molecule has 1 N–H and O–H groups in total. The van der Waals surface area contributed by atoms with Crippen LogP contribution in [0.5, 0.6) is 0 Å². The van der Waals surface area contributed by atoms with Crippen LogP contribution in [-0.2, 0) is 0 Å². The number of hydrogen-bond donors (Lipinski definition) is 1. The van der Waals surface area contributed by atoms with Crippen molar-refractivity contribution in [2.24, 2.45) is 0 Å². The van der Waals surface area contributed by atoms with E-state index in [-0.39, 0.29) is 11.7 Å². The average molecular weight is 342 g/mol. The number of benzene rings is 2. The maximum atomic E-state index is 12.7. The van der Waals surface area contributed by atoms with E-state index in [1.165, 1.54) is 11.3 Å². The van der Waals surface area contributed by atoms with E-state index in [9.17, 15) is 9.59 Å². The van der Waals surface area contributed by atoms with Crippen molar-refractivity contribution < 1.29 is 9.59 Å². The minimum Gasteiger partial charge on any atom is -0.321 e. The summed E-state index contributed by atoms with van der Waals surface area (Å²) < 4.78 is 0. The zero-order valence-electron chi connectivity index (χ0n) is 12.0. The summed E-state index contributed by atoms with van der Waals surface area (Å²) in [6.07, 6.45) is 0. The van der Waals surface area contributed by atoms with E-state index in [2.05, 4.69) is 5.32 Å². The molecule has 3 rings (SSSR count). The fraction of sp³-hybridized carbons (Fsp3) is 0. The van der Waals surface area contributed by atoms with Crippen LogP contribution >= 0.6 is 22.9 Å². The van der Waals surface area contributed by atoms with E-state index in [4.69, 9.17) is 11.6 Å². The standard InChI is InChI=1S/C18H12ClNO2S/c19-13-8-9-15(20-18(22)16-7-4-10-23-16)14(11-13)17(21)12-5-2-1-3-6-12/h1-11H,(H,20,22). The molecule has 0 fully saturated rings. The molecular weight excluding hydrogens is 330 g/mol. The van der Waals surface area contributed by atoms with Crippen LogP contribution in [0.25, 0.3) is 0 Å². The van der Waals surface area contributed by atoms with Crippen molar-refractivity contribution in [3.63, 3.8) is 0 Å². The number of carbonyl (C=O) groups excluding carboxylic acids is 2. The zero-order valence-corrected chi connectivity index (χ0v) is 13.5. The molecule has 0 bridgehead atoms. The fourth-order valence-electron chi connectivity index (χ4n) is 2.15. The summed E-state index contributed by atoms with van der Waals surface area (Å²) in [4.78, 5) is 25.5. The predicted molar refractivity (Wildman–Crippen MR) is 93.6 cm³/mol. The van der Waals surface area contributed by atoms with Gasteiger partial charge < -0.3 is 5.32 Å². The number of thiophene rings is 1. The van der Waals surface area contributed by atoms with Crippen molar-refractivity contribution in [1.82, 2.24) is 0 Å². The normalized spacial score (nSPS) is 10.3. The van der Waals surface area contributed by atoms with Gasteiger partial charge in [-0.2, -0.15) is 0 Å². The number of amides is 1. The van der Waals surface area contributed by atoms with Crippen LogP contribution in [0.4, 0.5) is 5.69 Å². The van der Waals surface area contributed by atoms with E-state index in [1.807, 2.05) is 11.4 Å². The number of halogens is 1. The Morgan fingerprint density at radius 2 is 1.74 bits per heavy atom. The molecule has 1 heterocycles. The molecule has 0 saturated heterocycles. The zero-order chi connectivity index (χ0) is 16.2. The SMILES string of the molecule is O=C(Nc1ccc(Cl)cc1C(=O)c1ccccc1)c1cccs1. The lowest BCUT2D eigenvalue weighted by Crippen LogP contribution is -2.14. The molecule has 0 unspecified atom stereocenters. The summed E-state index contributed by atoms with van der Waals surface area (Å²) in [5.74, 6) is -0.431. The molecule has 23 heavy (non-hydrogen) atoms. The number of rotatable bonds is 4. The third-order valence-corrected chi connectivity index (χ3v) is 4.36. The van der Waals surface area contributed by atoms with Gasteiger partial charge in [-0.15, -0.1) is 11.3 Å². The number of hydrogen-bond acceptors (Lipinski definition) is 3. The molecule has 1 aromatic heterocycles. The third-order valence-electron chi connectivity index (χ3n) is 3.26. The van der Waals surface area contributed by atoms with Crippen LogP contribution in [0.1, 0.15) is 25.6 Å². The first-order valence-corrected chi connectivity index (χ1v) is 8.15. The molecule has 114 valence electrons. The largest absolute Gasteiger partial charge is 0.321 e. The van der Waals surface area contributed by atoms with Crippen LogP contribution in [0.2, 0.25) is 5.02 Å². The van der Waals surface area contributed by atoms with Crippen LogP contribution in [0, 0.1) is 0 Å². The lowest BCUT2D eigenvalue weighted by molar-refractivity contribution is 0.103.